The Kier molecular flexibility index (Phi) is 5.41. The van der Waals surface area contributed by atoms with Gasteiger partial charge in [-0.3, -0.25) is 14.9 Å². The third kappa shape index (κ3) is 4.30. The third-order valence-electron chi connectivity index (χ3n) is 2.54. The molecule has 0 spiro atoms. The minimum atomic E-state index is -1.02. The molecule has 1 aromatic carbocycles. The van der Waals surface area contributed by atoms with Gasteiger partial charge < -0.3 is 15.8 Å². The third-order valence-corrected chi connectivity index (χ3v) is 2.54. The van der Waals surface area contributed by atoms with Gasteiger partial charge in [0.15, 0.2) is 6.10 Å². The highest BCUT2D eigenvalue weighted by atomic mass is 16.6. The van der Waals surface area contributed by atoms with Gasteiger partial charge in [-0.15, -0.1) is 6.58 Å². The van der Waals surface area contributed by atoms with Crippen molar-refractivity contribution < 1.29 is 19.2 Å². The maximum atomic E-state index is 11.9. The second kappa shape index (κ2) is 7.04. The predicted octanol–water partition coefficient (Wildman–Crippen LogP) is 1.02. The largest absolute Gasteiger partial charge is 0.449 e. The summed E-state index contributed by atoms with van der Waals surface area (Å²) >= 11 is 0. The molecule has 0 unspecified atom stereocenters. The lowest BCUT2D eigenvalue weighted by Gasteiger charge is -2.13. The first kappa shape index (κ1) is 16.2. The summed E-state index contributed by atoms with van der Waals surface area (Å²) in [5.74, 6) is -1.31. The van der Waals surface area contributed by atoms with E-state index in [1.807, 2.05) is 0 Å². The minimum absolute atomic E-state index is 0.0380. The number of amides is 1. The van der Waals surface area contributed by atoms with Crippen molar-refractivity contribution in [3.63, 3.8) is 0 Å². The number of nitro benzene ring substituents is 1. The number of benzene rings is 1. The van der Waals surface area contributed by atoms with E-state index in [9.17, 15) is 19.7 Å². The topological polar surface area (TPSA) is 125 Å². The second-order valence-corrected chi connectivity index (χ2v) is 4.11. The molecule has 0 saturated heterocycles. The Morgan fingerprint density at radius 2 is 2.24 bits per heavy atom. The Hall–Kier alpha value is -2.90. The van der Waals surface area contributed by atoms with Crippen molar-refractivity contribution in [3.8, 4) is 0 Å². The first-order valence-corrected chi connectivity index (χ1v) is 6.00. The molecule has 21 heavy (non-hydrogen) atoms. The average Bonchev–Trinajstić information content (AvgIpc) is 2.44. The van der Waals surface area contributed by atoms with Crippen molar-refractivity contribution in [2.45, 2.75) is 13.0 Å². The summed E-state index contributed by atoms with van der Waals surface area (Å²) in [5, 5.41) is 13.0. The van der Waals surface area contributed by atoms with Crippen LogP contribution in [-0.2, 0) is 9.53 Å². The molecule has 1 amide bonds. The fourth-order valence-electron chi connectivity index (χ4n) is 1.44. The summed E-state index contributed by atoms with van der Waals surface area (Å²) < 4.78 is 4.94. The summed E-state index contributed by atoms with van der Waals surface area (Å²) in [4.78, 5) is 33.3. The number of carbonyl (C=O) groups excluding carboxylic acids is 2. The fourth-order valence-corrected chi connectivity index (χ4v) is 1.44. The van der Waals surface area contributed by atoms with Crippen LogP contribution in [0.2, 0.25) is 0 Å². The van der Waals surface area contributed by atoms with Crippen molar-refractivity contribution in [1.82, 2.24) is 5.32 Å². The molecule has 0 aromatic heterocycles. The molecule has 1 atom stereocenters. The Balaban J connectivity index is 2.78. The number of nitrogens with two attached hydrogens (primary N) is 1. The number of anilines is 1. The van der Waals surface area contributed by atoms with Crippen LogP contribution in [0.5, 0.6) is 0 Å². The number of ether oxygens (including phenoxy) is 1. The SMILES string of the molecule is C=CCNC(=O)[C@H](C)OC(=O)c1ccc([N+](=O)[O-])cc1N. The van der Waals surface area contributed by atoms with Crippen LogP contribution in [0.4, 0.5) is 11.4 Å². The van der Waals surface area contributed by atoms with Crippen LogP contribution in [0.25, 0.3) is 0 Å². The van der Waals surface area contributed by atoms with Crippen molar-refractivity contribution in [1.29, 1.82) is 0 Å². The van der Waals surface area contributed by atoms with E-state index < -0.39 is 22.9 Å². The van der Waals surface area contributed by atoms with Gasteiger partial charge in [-0.05, 0) is 13.0 Å². The number of nitrogens with one attached hydrogen (secondary N) is 1. The second-order valence-electron chi connectivity index (χ2n) is 4.11. The summed E-state index contributed by atoms with van der Waals surface area (Å²) in [6.45, 7) is 5.09. The number of esters is 1. The summed E-state index contributed by atoms with van der Waals surface area (Å²) in [5.41, 5.74) is 5.21. The Morgan fingerprint density at radius 1 is 1.57 bits per heavy atom. The number of hydrogen-bond donors (Lipinski definition) is 2. The molecular formula is C13H15N3O5. The van der Waals surface area contributed by atoms with E-state index in [4.69, 9.17) is 10.5 Å². The molecule has 0 aliphatic heterocycles. The Bertz CT molecular complexity index is 585. The number of nitrogen functional groups attached to an aromatic ring is 1. The van der Waals surface area contributed by atoms with E-state index in [1.54, 1.807) is 0 Å². The van der Waals surface area contributed by atoms with Crippen LogP contribution < -0.4 is 11.1 Å². The van der Waals surface area contributed by atoms with E-state index in [-0.39, 0.29) is 23.5 Å². The molecule has 0 radical (unpaired) electrons. The number of nitro groups is 1. The highest BCUT2D eigenvalue weighted by Crippen LogP contribution is 2.20. The van der Waals surface area contributed by atoms with Crippen molar-refractivity contribution in [2.75, 3.05) is 12.3 Å². The van der Waals surface area contributed by atoms with E-state index in [2.05, 4.69) is 11.9 Å². The molecule has 0 aliphatic carbocycles. The molecule has 8 nitrogen and oxygen atoms in total. The fraction of sp³-hybridized carbons (Fsp3) is 0.231. The van der Waals surface area contributed by atoms with Gasteiger partial charge in [0, 0.05) is 18.7 Å². The number of non-ortho nitro benzene ring substituents is 1. The number of carbonyl (C=O) groups is 2. The minimum Gasteiger partial charge on any atom is -0.449 e. The molecule has 0 fully saturated rings. The lowest BCUT2D eigenvalue weighted by molar-refractivity contribution is -0.384. The van der Waals surface area contributed by atoms with Gasteiger partial charge in [-0.1, -0.05) is 6.08 Å². The van der Waals surface area contributed by atoms with Crippen molar-refractivity contribution >= 4 is 23.3 Å². The van der Waals surface area contributed by atoms with Gasteiger partial charge in [0.25, 0.3) is 11.6 Å². The number of rotatable bonds is 6. The van der Waals surface area contributed by atoms with Gasteiger partial charge in [0.2, 0.25) is 0 Å². The van der Waals surface area contributed by atoms with Gasteiger partial charge in [0.05, 0.1) is 16.2 Å². The van der Waals surface area contributed by atoms with Crippen LogP contribution in [0.1, 0.15) is 17.3 Å². The van der Waals surface area contributed by atoms with Crippen molar-refractivity contribution in [2.24, 2.45) is 0 Å². The zero-order valence-corrected chi connectivity index (χ0v) is 11.4. The zero-order chi connectivity index (χ0) is 16.0. The van der Waals surface area contributed by atoms with Crippen LogP contribution in [0.3, 0.4) is 0 Å². The summed E-state index contributed by atoms with van der Waals surface area (Å²) in [6.07, 6.45) is 0.466. The number of nitrogens with zero attached hydrogens (tertiary/aromatic N) is 1. The normalized spacial score (nSPS) is 11.3. The van der Waals surface area contributed by atoms with Crippen LogP contribution in [0.15, 0.2) is 30.9 Å². The highest BCUT2D eigenvalue weighted by molar-refractivity contribution is 5.97. The van der Waals surface area contributed by atoms with Gasteiger partial charge in [0.1, 0.15) is 0 Å². The van der Waals surface area contributed by atoms with Crippen LogP contribution in [0, 0.1) is 10.1 Å². The summed E-state index contributed by atoms with van der Waals surface area (Å²) in [7, 11) is 0. The molecule has 8 heteroatoms. The smallest absolute Gasteiger partial charge is 0.341 e. The van der Waals surface area contributed by atoms with E-state index in [1.165, 1.54) is 19.1 Å². The van der Waals surface area contributed by atoms with E-state index >= 15 is 0 Å². The molecule has 1 aromatic rings. The van der Waals surface area contributed by atoms with Crippen LogP contribution in [-0.4, -0.2) is 29.4 Å². The number of hydrogen-bond acceptors (Lipinski definition) is 6. The Labute approximate surface area is 120 Å². The molecule has 112 valence electrons. The zero-order valence-electron chi connectivity index (χ0n) is 11.4. The molecular weight excluding hydrogens is 278 g/mol. The average molecular weight is 293 g/mol. The molecule has 0 saturated carbocycles. The van der Waals surface area contributed by atoms with Crippen molar-refractivity contribution in [3.05, 3.63) is 46.5 Å². The van der Waals surface area contributed by atoms with Gasteiger partial charge >= 0.3 is 5.97 Å². The van der Waals surface area contributed by atoms with Gasteiger partial charge in [-0.25, -0.2) is 4.79 Å². The molecule has 0 aliphatic rings. The lowest BCUT2D eigenvalue weighted by Crippen LogP contribution is -2.35. The molecule has 3 N–H and O–H groups in total. The monoisotopic (exact) mass is 293 g/mol. The molecule has 0 heterocycles. The standard InChI is InChI=1S/C13H15N3O5/c1-3-6-15-12(17)8(2)21-13(18)10-5-4-9(16(19)20)7-11(10)14/h3-5,7-8H,1,6,14H2,2H3,(H,15,17)/t8-/m0/s1. The predicted molar refractivity (Wildman–Crippen MR) is 75.6 cm³/mol. The first-order chi connectivity index (χ1) is 9.86. The van der Waals surface area contributed by atoms with E-state index in [0.717, 1.165) is 12.1 Å². The molecule has 1 rings (SSSR count). The highest BCUT2D eigenvalue weighted by Gasteiger charge is 2.21. The van der Waals surface area contributed by atoms with Gasteiger partial charge in [-0.2, -0.15) is 0 Å². The Morgan fingerprint density at radius 3 is 2.76 bits per heavy atom. The summed E-state index contributed by atoms with van der Waals surface area (Å²) in [6, 6.07) is 3.37. The molecule has 0 bridgehead atoms. The first-order valence-electron chi connectivity index (χ1n) is 6.00. The quantitative estimate of drug-likeness (QED) is 0.265. The van der Waals surface area contributed by atoms with E-state index in [0.29, 0.717) is 0 Å². The maximum absolute atomic E-state index is 11.9. The van der Waals surface area contributed by atoms with Crippen LogP contribution >= 0.6 is 0 Å². The maximum Gasteiger partial charge on any atom is 0.341 e. The lowest BCUT2D eigenvalue weighted by atomic mass is 10.1.